The fraction of sp³-hybridized carbons (Fsp3) is 0.267. The lowest BCUT2D eigenvalue weighted by Gasteiger charge is -2.26. The number of ether oxygens (including phenoxy) is 1. The van der Waals surface area contributed by atoms with Gasteiger partial charge in [0, 0.05) is 18.1 Å². The van der Waals surface area contributed by atoms with Crippen LogP contribution < -0.4 is 5.32 Å². The van der Waals surface area contributed by atoms with Crippen molar-refractivity contribution in [2.24, 2.45) is 0 Å². The summed E-state index contributed by atoms with van der Waals surface area (Å²) in [6.07, 6.45) is 2.93. The molecule has 1 aliphatic rings. The summed E-state index contributed by atoms with van der Waals surface area (Å²) >= 11 is 12.0. The van der Waals surface area contributed by atoms with E-state index in [4.69, 9.17) is 27.9 Å². The Labute approximate surface area is 143 Å². The molecule has 0 radical (unpaired) electrons. The number of hydrogen-bond acceptors (Lipinski definition) is 5. The Morgan fingerprint density at radius 1 is 1.17 bits per heavy atom. The van der Waals surface area contributed by atoms with Crippen LogP contribution in [-0.4, -0.2) is 47.1 Å². The minimum atomic E-state index is -0.145. The topological polar surface area (TPSA) is 67.4 Å². The smallest absolute Gasteiger partial charge is 0.274 e. The molecule has 1 aromatic heterocycles. The maximum absolute atomic E-state index is 12.3. The van der Waals surface area contributed by atoms with Gasteiger partial charge in [0.2, 0.25) is 0 Å². The van der Waals surface area contributed by atoms with Crippen molar-refractivity contribution < 1.29 is 9.53 Å². The van der Waals surface area contributed by atoms with Crippen molar-refractivity contribution in [2.45, 2.75) is 0 Å². The van der Waals surface area contributed by atoms with Crippen LogP contribution in [0.4, 0.5) is 11.5 Å². The SMILES string of the molecule is O=C(c1cnc(Nc2cc(Cl)ccc2Cl)cn1)N1CCOCC1. The van der Waals surface area contributed by atoms with Crippen LogP contribution in [0.3, 0.4) is 0 Å². The monoisotopic (exact) mass is 352 g/mol. The number of halogens is 2. The Hall–Kier alpha value is -1.89. The summed E-state index contributed by atoms with van der Waals surface area (Å²) < 4.78 is 5.23. The fourth-order valence-electron chi connectivity index (χ4n) is 2.16. The van der Waals surface area contributed by atoms with Crippen molar-refractivity contribution in [1.82, 2.24) is 14.9 Å². The number of anilines is 2. The van der Waals surface area contributed by atoms with Gasteiger partial charge in [0.05, 0.1) is 36.3 Å². The van der Waals surface area contributed by atoms with E-state index in [0.717, 1.165) is 0 Å². The first-order chi connectivity index (χ1) is 11.1. The fourth-order valence-corrected chi connectivity index (χ4v) is 2.50. The van der Waals surface area contributed by atoms with Gasteiger partial charge in [-0.15, -0.1) is 0 Å². The number of morpholine rings is 1. The second kappa shape index (κ2) is 7.12. The molecule has 1 saturated heterocycles. The van der Waals surface area contributed by atoms with Crippen LogP contribution in [0.15, 0.2) is 30.6 Å². The third-order valence-electron chi connectivity index (χ3n) is 3.36. The molecule has 0 atom stereocenters. The van der Waals surface area contributed by atoms with Gasteiger partial charge in [0.15, 0.2) is 0 Å². The molecule has 8 heteroatoms. The summed E-state index contributed by atoms with van der Waals surface area (Å²) in [4.78, 5) is 22.4. The van der Waals surface area contributed by atoms with E-state index < -0.39 is 0 Å². The first kappa shape index (κ1) is 16.0. The molecule has 6 nitrogen and oxygen atoms in total. The normalized spacial score (nSPS) is 14.6. The Bertz CT molecular complexity index is 703. The number of carbonyl (C=O) groups excluding carboxylic acids is 1. The van der Waals surface area contributed by atoms with E-state index in [9.17, 15) is 4.79 Å². The van der Waals surface area contributed by atoms with E-state index in [2.05, 4.69) is 15.3 Å². The van der Waals surface area contributed by atoms with Crippen molar-refractivity contribution in [3.8, 4) is 0 Å². The third kappa shape index (κ3) is 3.90. The molecular formula is C15H14Cl2N4O2. The van der Waals surface area contributed by atoms with Gasteiger partial charge in [-0.2, -0.15) is 0 Å². The van der Waals surface area contributed by atoms with Gasteiger partial charge in [0.25, 0.3) is 5.91 Å². The first-order valence-electron chi connectivity index (χ1n) is 7.04. The highest BCUT2D eigenvalue weighted by molar-refractivity contribution is 6.35. The molecular weight excluding hydrogens is 339 g/mol. The van der Waals surface area contributed by atoms with Gasteiger partial charge in [-0.25, -0.2) is 9.97 Å². The predicted octanol–water partition coefficient (Wildman–Crippen LogP) is 3.00. The largest absolute Gasteiger partial charge is 0.378 e. The quantitative estimate of drug-likeness (QED) is 0.919. The molecule has 1 fully saturated rings. The van der Waals surface area contributed by atoms with Crippen molar-refractivity contribution in [3.63, 3.8) is 0 Å². The molecule has 2 aromatic rings. The summed E-state index contributed by atoms with van der Waals surface area (Å²) in [7, 11) is 0. The van der Waals surface area contributed by atoms with Gasteiger partial charge in [0.1, 0.15) is 11.5 Å². The number of benzene rings is 1. The number of nitrogens with zero attached hydrogens (tertiary/aromatic N) is 3. The summed E-state index contributed by atoms with van der Waals surface area (Å²) in [5, 5.41) is 4.10. The first-order valence-corrected chi connectivity index (χ1v) is 7.80. The van der Waals surface area contributed by atoms with Crippen LogP contribution in [0, 0.1) is 0 Å². The maximum atomic E-state index is 12.3. The zero-order valence-corrected chi connectivity index (χ0v) is 13.6. The average molecular weight is 353 g/mol. The minimum absolute atomic E-state index is 0.145. The van der Waals surface area contributed by atoms with E-state index in [1.54, 1.807) is 23.1 Å². The van der Waals surface area contributed by atoms with Gasteiger partial charge in [-0.3, -0.25) is 4.79 Å². The number of amides is 1. The molecule has 23 heavy (non-hydrogen) atoms. The summed E-state index contributed by atoms with van der Waals surface area (Å²) in [6, 6.07) is 5.08. The van der Waals surface area contributed by atoms with Gasteiger partial charge >= 0.3 is 0 Å². The van der Waals surface area contributed by atoms with E-state index in [-0.39, 0.29) is 5.91 Å². The lowest BCUT2D eigenvalue weighted by atomic mass is 10.3. The zero-order chi connectivity index (χ0) is 16.2. The lowest BCUT2D eigenvalue weighted by Crippen LogP contribution is -2.41. The second-order valence-electron chi connectivity index (χ2n) is 4.94. The second-order valence-corrected chi connectivity index (χ2v) is 5.78. The standard InChI is InChI=1S/C15H14Cl2N4O2/c16-10-1-2-11(17)12(7-10)20-14-9-18-13(8-19-14)15(22)21-3-5-23-6-4-21/h1-2,7-9H,3-6H2,(H,19,20). The Balaban J connectivity index is 1.71. The molecule has 120 valence electrons. The molecule has 0 aliphatic carbocycles. The summed E-state index contributed by atoms with van der Waals surface area (Å²) in [5.41, 5.74) is 0.926. The Morgan fingerprint density at radius 3 is 2.65 bits per heavy atom. The number of rotatable bonds is 3. The molecule has 2 heterocycles. The number of nitrogens with one attached hydrogen (secondary N) is 1. The van der Waals surface area contributed by atoms with Gasteiger partial charge in [-0.1, -0.05) is 23.2 Å². The lowest BCUT2D eigenvalue weighted by molar-refractivity contribution is 0.0298. The Kier molecular flexibility index (Phi) is 4.95. The predicted molar refractivity (Wildman–Crippen MR) is 88.5 cm³/mol. The Morgan fingerprint density at radius 2 is 1.96 bits per heavy atom. The van der Waals surface area contributed by atoms with E-state index in [1.165, 1.54) is 12.4 Å². The molecule has 0 unspecified atom stereocenters. The van der Waals surface area contributed by atoms with E-state index >= 15 is 0 Å². The summed E-state index contributed by atoms with van der Waals surface area (Å²) in [5.74, 6) is 0.334. The zero-order valence-electron chi connectivity index (χ0n) is 12.1. The van der Waals surface area contributed by atoms with Crippen LogP contribution in [0.1, 0.15) is 10.5 Å². The average Bonchev–Trinajstić information content (AvgIpc) is 2.59. The van der Waals surface area contributed by atoms with Gasteiger partial charge in [-0.05, 0) is 18.2 Å². The minimum Gasteiger partial charge on any atom is -0.378 e. The molecule has 1 aliphatic heterocycles. The molecule has 0 bridgehead atoms. The van der Waals surface area contributed by atoms with Crippen LogP contribution in [0.25, 0.3) is 0 Å². The van der Waals surface area contributed by atoms with Crippen molar-refractivity contribution >= 4 is 40.6 Å². The number of hydrogen-bond donors (Lipinski definition) is 1. The molecule has 0 saturated carbocycles. The maximum Gasteiger partial charge on any atom is 0.274 e. The van der Waals surface area contributed by atoms with Crippen molar-refractivity contribution in [2.75, 3.05) is 31.6 Å². The number of carbonyl (C=O) groups is 1. The molecule has 0 spiro atoms. The highest BCUT2D eigenvalue weighted by Crippen LogP contribution is 2.27. The molecule has 1 aromatic carbocycles. The number of aromatic nitrogens is 2. The molecule has 1 amide bonds. The molecule has 1 N–H and O–H groups in total. The van der Waals surface area contributed by atoms with Crippen molar-refractivity contribution in [1.29, 1.82) is 0 Å². The van der Waals surface area contributed by atoms with Crippen LogP contribution in [0.2, 0.25) is 10.0 Å². The highest BCUT2D eigenvalue weighted by atomic mass is 35.5. The van der Waals surface area contributed by atoms with Crippen molar-refractivity contribution in [3.05, 3.63) is 46.3 Å². The highest BCUT2D eigenvalue weighted by Gasteiger charge is 2.19. The van der Waals surface area contributed by atoms with E-state index in [0.29, 0.717) is 53.5 Å². The van der Waals surface area contributed by atoms with Gasteiger partial charge < -0.3 is 15.0 Å². The van der Waals surface area contributed by atoms with Crippen LogP contribution in [0.5, 0.6) is 0 Å². The van der Waals surface area contributed by atoms with Crippen LogP contribution in [-0.2, 0) is 4.74 Å². The summed E-state index contributed by atoms with van der Waals surface area (Å²) in [6.45, 7) is 2.23. The third-order valence-corrected chi connectivity index (χ3v) is 3.93. The molecule has 3 rings (SSSR count). The van der Waals surface area contributed by atoms with E-state index in [1.807, 2.05) is 0 Å². The van der Waals surface area contributed by atoms with Crippen LogP contribution >= 0.6 is 23.2 Å².